The molecule has 1 aromatic heterocycles. The highest BCUT2D eigenvalue weighted by atomic mass is 19.1. The number of para-hydroxylation sites is 1. The Bertz CT molecular complexity index is 902. The Morgan fingerprint density at radius 3 is 2.52 bits per heavy atom. The number of carbonyl (C=O) groups is 1. The first kappa shape index (κ1) is 16.4. The number of hydrogen-bond acceptors (Lipinski definition) is 6. The summed E-state index contributed by atoms with van der Waals surface area (Å²) in [7, 11) is 1.32. The van der Waals surface area contributed by atoms with Crippen LogP contribution >= 0.6 is 0 Å². The first-order valence-electron chi connectivity index (χ1n) is 7.45. The second-order valence-electron chi connectivity index (χ2n) is 5.09. The maximum Gasteiger partial charge on any atom is 0.339 e. The second kappa shape index (κ2) is 7.39. The quantitative estimate of drug-likeness (QED) is 0.687. The molecule has 0 saturated heterocycles. The number of hydrogen-bond donors (Lipinski definition) is 2. The Balaban J connectivity index is 1.82. The van der Waals surface area contributed by atoms with Gasteiger partial charge in [-0.25, -0.2) is 19.2 Å². The number of halogens is 1. The molecule has 25 heavy (non-hydrogen) atoms. The molecule has 0 atom stereocenters. The molecule has 0 saturated carbocycles. The summed E-state index contributed by atoms with van der Waals surface area (Å²) in [6.45, 7) is 0. The summed E-state index contributed by atoms with van der Waals surface area (Å²) in [5.41, 5.74) is 1.52. The van der Waals surface area contributed by atoms with Crippen molar-refractivity contribution in [3.05, 3.63) is 72.3 Å². The first-order valence-corrected chi connectivity index (χ1v) is 7.45. The molecule has 0 bridgehead atoms. The maximum atomic E-state index is 13.3. The Labute approximate surface area is 143 Å². The van der Waals surface area contributed by atoms with Gasteiger partial charge < -0.3 is 15.4 Å². The van der Waals surface area contributed by atoms with E-state index in [-0.39, 0.29) is 5.82 Å². The molecule has 0 aliphatic heterocycles. The van der Waals surface area contributed by atoms with Crippen LogP contribution in [0.2, 0.25) is 0 Å². The molecule has 0 amide bonds. The Hall–Kier alpha value is -3.48. The van der Waals surface area contributed by atoms with Crippen LogP contribution in [0.4, 0.5) is 27.4 Å². The maximum absolute atomic E-state index is 13.3. The smallest absolute Gasteiger partial charge is 0.339 e. The van der Waals surface area contributed by atoms with Crippen molar-refractivity contribution in [2.75, 3.05) is 17.7 Å². The highest BCUT2D eigenvalue weighted by molar-refractivity contribution is 5.96. The highest BCUT2D eigenvalue weighted by Crippen LogP contribution is 2.22. The van der Waals surface area contributed by atoms with Crippen LogP contribution in [0.3, 0.4) is 0 Å². The van der Waals surface area contributed by atoms with E-state index in [0.29, 0.717) is 28.6 Å². The van der Waals surface area contributed by atoms with Crippen molar-refractivity contribution in [1.29, 1.82) is 0 Å². The van der Waals surface area contributed by atoms with Gasteiger partial charge in [0.1, 0.15) is 23.8 Å². The average Bonchev–Trinajstić information content (AvgIpc) is 2.62. The highest BCUT2D eigenvalue weighted by Gasteiger charge is 2.11. The number of benzene rings is 2. The molecule has 0 radical (unpaired) electrons. The monoisotopic (exact) mass is 338 g/mol. The summed E-state index contributed by atoms with van der Waals surface area (Å²) in [6, 6.07) is 14.6. The lowest BCUT2D eigenvalue weighted by molar-refractivity contribution is 0.0602. The standard InChI is InChI=1S/C18H15FN4O2/c1-25-18(24)14-7-2-3-8-15(14)23-17-10-16(20-11-21-17)22-13-6-4-5-12(19)9-13/h2-11H,1H3,(H2,20,21,22,23). The van der Waals surface area contributed by atoms with E-state index in [4.69, 9.17) is 4.74 Å². The summed E-state index contributed by atoms with van der Waals surface area (Å²) in [6.07, 6.45) is 1.37. The number of anilines is 4. The largest absolute Gasteiger partial charge is 0.465 e. The molecule has 0 aliphatic rings. The van der Waals surface area contributed by atoms with E-state index in [2.05, 4.69) is 20.6 Å². The fourth-order valence-electron chi connectivity index (χ4n) is 2.23. The van der Waals surface area contributed by atoms with E-state index in [0.717, 1.165) is 0 Å². The van der Waals surface area contributed by atoms with Crippen LogP contribution in [-0.2, 0) is 4.74 Å². The summed E-state index contributed by atoms with van der Waals surface area (Å²) in [5.74, 6) is 0.170. The normalized spacial score (nSPS) is 10.2. The van der Waals surface area contributed by atoms with Gasteiger partial charge in [0.2, 0.25) is 0 Å². The van der Waals surface area contributed by atoms with Gasteiger partial charge in [-0.3, -0.25) is 0 Å². The molecular formula is C18H15FN4O2. The van der Waals surface area contributed by atoms with Crippen molar-refractivity contribution in [3.63, 3.8) is 0 Å². The molecule has 0 unspecified atom stereocenters. The number of methoxy groups -OCH3 is 1. The van der Waals surface area contributed by atoms with E-state index in [9.17, 15) is 9.18 Å². The Morgan fingerprint density at radius 2 is 1.76 bits per heavy atom. The van der Waals surface area contributed by atoms with Gasteiger partial charge in [-0.2, -0.15) is 0 Å². The van der Waals surface area contributed by atoms with Crippen molar-refractivity contribution >= 4 is 29.0 Å². The summed E-state index contributed by atoms with van der Waals surface area (Å²) in [5, 5.41) is 6.06. The second-order valence-corrected chi connectivity index (χ2v) is 5.09. The van der Waals surface area contributed by atoms with Crippen LogP contribution in [0.5, 0.6) is 0 Å². The molecule has 0 spiro atoms. The third kappa shape index (κ3) is 4.08. The van der Waals surface area contributed by atoms with Crippen molar-refractivity contribution in [1.82, 2.24) is 9.97 Å². The molecule has 3 rings (SSSR count). The average molecular weight is 338 g/mol. The molecule has 0 aliphatic carbocycles. The van der Waals surface area contributed by atoms with E-state index >= 15 is 0 Å². The molecular weight excluding hydrogens is 323 g/mol. The molecule has 2 N–H and O–H groups in total. The van der Waals surface area contributed by atoms with Crippen LogP contribution in [-0.4, -0.2) is 23.0 Å². The molecule has 126 valence electrons. The number of aromatic nitrogens is 2. The third-order valence-corrected chi connectivity index (χ3v) is 3.36. The van der Waals surface area contributed by atoms with Crippen LogP contribution in [0, 0.1) is 5.82 Å². The molecule has 1 heterocycles. The van der Waals surface area contributed by atoms with E-state index in [1.807, 2.05) is 0 Å². The summed E-state index contributed by atoms with van der Waals surface area (Å²) >= 11 is 0. The van der Waals surface area contributed by atoms with Gasteiger partial charge in [0, 0.05) is 11.8 Å². The number of carbonyl (C=O) groups excluding carboxylic acids is 1. The lowest BCUT2D eigenvalue weighted by Gasteiger charge is -2.11. The van der Waals surface area contributed by atoms with Crippen molar-refractivity contribution in [2.45, 2.75) is 0 Å². The summed E-state index contributed by atoms with van der Waals surface area (Å²) in [4.78, 5) is 20.1. The van der Waals surface area contributed by atoms with Crippen molar-refractivity contribution in [3.8, 4) is 0 Å². The molecule has 7 heteroatoms. The number of esters is 1. The predicted molar refractivity (Wildman–Crippen MR) is 92.8 cm³/mol. The van der Waals surface area contributed by atoms with Gasteiger partial charge >= 0.3 is 5.97 Å². The van der Waals surface area contributed by atoms with E-state index < -0.39 is 5.97 Å². The Morgan fingerprint density at radius 1 is 1.00 bits per heavy atom. The molecule has 2 aromatic carbocycles. The van der Waals surface area contributed by atoms with Crippen LogP contribution in [0.1, 0.15) is 10.4 Å². The fraction of sp³-hybridized carbons (Fsp3) is 0.0556. The lowest BCUT2D eigenvalue weighted by Crippen LogP contribution is -2.06. The van der Waals surface area contributed by atoms with Crippen molar-refractivity contribution < 1.29 is 13.9 Å². The van der Waals surface area contributed by atoms with Crippen molar-refractivity contribution in [2.24, 2.45) is 0 Å². The topological polar surface area (TPSA) is 76.1 Å². The van der Waals surface area contributed by atoms with Crippen LogP contribution < -0.4 is 10.6 Å². The number of nitrogens with zero attached hydrogens (tertiary/aromatic N) is 2. The number of rotatable bonds is 5. The minimum Gasteiger partial charge on any atom is -0.465 e. The molecule has 3 aromatic rings. The molecule has 6 nitrogen and oxygen atoms in total. The Kier molecular flexibility index (Phi) is 4.84. The number of nitrogens with one attached hydrogen (secondary N) is 2. The molecule has 0 fully saturated rings. The minimum absolute atomic E-state index is 0.343. The third-order valence-electron chi connectivity index (χ3n) is 3.36. The minimum atomic E-state index is -0.449. The van der Waals surface area contributed by atoms with Gasteiger partial charge in [0.15, 0.2) is 0 Å². The SMILES string of the molecule is COC(=O)c1ccccc1Nc1cc(Nc2cccc(F)c2)ncn1. The zero-order chi connectivity index (χ0) is 17.6. The summed E-state index contributed by atoms with van der Waals surface area (Å²) < 4.78 is 18.0. The van der Waals surface area contributed by atoms with Gasteiger partial charge in [-0.05, 0) is 30.3 Å². The van der Waals surface area contributed by atoms with Gasteiger partial charge in [-0.1, -0.05) is 18.2 Å². The van der Waals surface area contributed by atoms with Crippen LogP contribution in [0.15, 0.2) is 60.9 Å². The van der Waals surface area contributed by atoms with Crippen LogP contribution in [0.25, 0.3) is 0 Å². The first-order chi connectivity index (χ1) is 12.2. The predicted octanol–water partition coefficient (Wildman–Crippen LogP) is 3.89. The van der Waals surface area contributed by atoms with Gasteiger partial charge in [0.25, 0.3) is 0 Å². The number of ether oxygens (including phenoxy) is 1. The van der Waals surface area contributed by atoms with Gasteiger partial charge in [-0.15, -0.1) is 0 Å². The van der Waals surface area contributed by atoms with E-state index in [1.54, 1.807) is 42.5 Å². The zero-order valence-electron chi connectivity index (χ0n) is 13.4. The van der Waals surface area contributed by atoms with Gasteiger partial charge in [0.05, 0.1) is 18.4 Å². The zero-order valence-corrected chi connectivity index (χ0v) is 13.4. The lowest BCUT2D eigenvalue weighted by atomic mass is 10.2. The fourth-order valence-corrected chi connectivity index (χ4v) is 2.23. The van der Waals surface area contributed by atoms with E-state index in [1.165, 1.54) is 25.6 Å².